The normalized spacial score (nSPS) is 15.6. The van der Waals surface area contributed by atoms with Crippen molar-refractivity contribution in [3.63, 3.8) is 0 Å². The monoisotopic (exact) mass is 234 g/mol. The number of aliphatic hydroxyl groups is 3. The lowest BCUT2D eigenvalue weighted by Crippen LogP contribution is -2.61. The van der Waals surface area contributed by atoms with E-state index in [1.807, 2.05) is 13.8 Å². The summed E-state index contributed by atoms with van der Waals surface area (Å²) in [7, 11) is 0. The van der Waals surface area contributed by atoms with E-state index in [2.05, 4.69) is 5.32 Å². The third-order valence-corrected chi connectivity index (χ3v) is 2.86. The first kappa shape index (κ1) is 15.3. The molecule has 0 heterocycles. The Balaban J connectivity index is 4.52. The number of hydrogen-bond acceptors (Lipinski definition) is 5. The van der Waals surface area contributed by atoms with Crippen LogP contribution in [0.15, 0.2) is 0 Å². The van der Waals surface area contributed by atoms with Crippen LogP contribution in [0.4, 0.5) is 0 Å². The third kappa shape index (κ3) is 3.71. The van der Waals surface area contributed by atoms with E-state index in [1.54, 1.807) is 0 Å². The van der Waals surface area contributed by atoms with Gasteiger partial charge in [0.05, 0.1) is 25.9 Å². The van der Waals surface area contributed by atoms with Gasteiger partial charge in [0.1, 0.15) is 5.54 Å². The minimum Gasteiger partial charge on any atom is -0.394 e. The molecule has 0 radical (unpaired) electrons. The highest BCUT2D eigenvalue weighted by Gasteiger charge is 2.32. The van der Waals surface area contributed by atoms with Crippen molar-refractivity contribution >= 4 is 5.91 Å². The second-order valence-electron chi connectivity index (χ2n) is 4.16. The first-order valence-corrected chi connectivity index (χ1v) is 5.36. The fourth-order valence-corrected chi connectivity index (χ4v) is 1.13. The van der Waals surface area contributed by atoms with E-state index in [1.165, 1.54) is 0 Å². The molecule has 0 unspecified atom stereocenters. The van der Waals surface area contributed by atoms with Crippen LogP contribution in [0.3, 0.4) is 0 Å². The minimum absolute atomic E-state index is 0.00576. The van der Waals surface area contributed by atoms with Gasteiger partial charge in [-0.2, -0.15) is 0 Å². The van der Waals surface area contributed by atoms with Crippen LogP contribution < -0.4 is 11.1 Å². The first-order chi connectivity index (χ1) is 7.46. The number of carbonyl (C=O) groups is 1. The fraction of sp³-hybridized carbons (Fsp3) is 0.900. The van der Waals surface area contributed by atoms with Crippen molar-refractivity contribution in [2.75, 3.05) is 19.8 Å². The molecule has 0 aliphatic rings. The Hall–Kier alpha value is -0.690. The van der Waals surface area contributed by atoms with Crippen LogP contribution in [0.25, 0.3) is 0 Å². The summed E-state index contributed by atoms with van der Waals surface area (Å²) in [5, 5.41) is 29.5. The standard InChI is InChI=1S/C10H22N2O4/c1-3-7(2)8(11)9(16)12-10(4-13,5-14)6-15/h7-8,13-15H,3-6,11H2,1-2H3,(H,12,16)/t7-,8-/m0/s1. The minimum atomic E-state index is -1.40. The summed E-state index contributed by atoms with van der Waals surface area (Å²) in [5.74, 6) is -0.486. The molecular weight excluding hydrogens is 212 g/mol. The molecule has 6 N–H and O–H groups in total. The molecule has 0 aromatic heterocycles. The smallest absolute Gasteiger partial charge is 0.237 e. The lowest BCUT2D eigenvalue weighted by molar-refractivity contribution is -0.127. The largest absolute Gasteiger partial charge is 0.394 e. The van der Waals surface area contributed by atoms with E-state index in [9.17, 15) is 4.79 Å². The molecule has 0 aliphatic heterocycles. The quantitative estimate of drug-likeness (QED) is 0.356. The molecular formula is C10H22N2O4. The van der Waals surface area contributed by atoms with E-state index >= 15 is 0 Å². The average Bonchev–Trinajstić information content (AvgIpc) is 2.33. The van der Waals surface area contributed by atoms with E-state index in [0.29, 0.717) is 0 Å². The van der Waals surface area contributed by atoms with Crippen LogP contribution in [0.2, 0.25) is 0 Å². The zero-order chi connectivity index (χ0) is 12.8. The maximum absolute atomic E-state index is 11.7. The van der Waals surface area contributed by atoms with E-state index in [-0.39, 0.29) is 5.92 Å². The molecule has 2 atom stereocenters. The SMILES string of the molecule is CC[C@H](C)[C@H](N)C(=O)NC(CO)(CO)CO. The summed E-state index contributed by atoms with van der Waals surface area (Å²) in [6, 6.07) is -0.714. The number of hydrogen-bond donors (Lipinski definition) is 5. The summed E-state index contributed by atoms with van der Waals surface area (Å²) in [4.78, 5) is 11.7. The van der Waals surface area contributed by atoms with Gasteiger partial charge in [0.15, 0.2) is 0 Å². The molecule has 0 fully saturated rings. The van der Waals surface area contributed by atoms with Gasteiger partial charge in [-0.15, -0.1) is 0 Å². The van der Waals surface area contributed by atoms with Gasteiger partial charge in [0.2, 0.25) is 5.91 Å². The number of aliphatic hydroxyl groups excluding tert-OH is 3. The summed E-state index contributed by atoms with van der Waals surface area (Å²) in [5.41, 5.74) is 4.28. The van der Waals surface area contributed by atoms with Crippen LogP contribution in [0, 0.1) is 5.92 Å². The Kier molecular flexibility index (Phi) is 6.51. The van der Waals surface area contributed by atoms with E-state index in [0.717, 1.165) is 6.42 Å². The second kappa shape index (κ2) is 6.80. The highest BCUT2D eigenvalue weighted by molar-refractivity contribution is 5.82. The molecule has 16 heavy (non-hydrogen) atoms. The van der Waals surface area contributed by atoms with Crippen molar-refractivity contribution in [1.82, 2.24) is 5.32 Å². The molecule has 6 nitrogen and oxygen atoms in total. The molecule has 0 spiro atoms. The predicted octanol–water partition coefficient (Wildman–Crippen LogP) is -1.81. The van der Waals surface area contributed by atoms with Crippen LogP contribution in [0.1, 0.15) is 20.3 Å². The zero-order valence-electron chi connectivity index (χ0n) is 9.81. The lowest BCUT2D eigenvalue weighted by atomic mass is 9.97. The van der Waals surface area contributed by atoms with Gasteiger partial charge in [-0.25, -0.2) is 0 Å². The van der Waals surface area contributed by atoms with Gasteiger partial charge in [-0.3, -0.25) is 4.79 Å². The molecule has 0 saturated carbocycles. The number of amides is 1. The average molecular weight is 234 g/mol. The summed E-state index contributed by atoms with van der Waals surface area (Å²) >= 11 is 0. The molecule has 0 aromatic carbocycles. The van der Waals surface area contributed by atoms with E-state index in [4.69, 9.17) is 21.1 Å². The summed E-state index contributed by atoms with van der Waals surface area (Å²) in [6.07, 6.45) is 0.749. The van der Waals surface area contributed by atoms with Crippen molar-refractivity contribution < 1.29 is 20.1 Å². The summed E-state index contributed by atoms with van der Waals surface area (Å²) < 4.78 is 0. The number of nitrogens with one attached hydrogen (secondary N) is 1. The van der Waals surface area contributed by atoms with Crippen molar-refractivity contribution in [1.29, 1.82) is 0 Å². The Morgan fingerprint density at radius 1 is 1.31 bits per heavy atom. The molecule has 0 saturated heterocycles. The molecule has 6 heteroatoms. The maximum atomic E-state index is 11.7. The molecule has 96 valence electrons. The number of rotatable bonds is 7. The van der Waals surface area contributed by atoms with Crippen LogP contribution in [-0.2, 0) is 4.79 Å². The van der Waals surface area contributed by atoms with Crippen molar-refractivity contribution in [2.45, 2.75) is 31.8 Å². The predicted molar refractivity (Wildman–Crippen MR) is 59.6 cm³/mol. The maximum Gasteiger partial charge on any atom is 0.237 e. The van der Waals surface area contributed by atoms with Crippen molar-refractivity contribution in [3.05, 3.63) is 0 Å². The van der Waals surface area contributed by atoms with Gasteiger partial charge in [-0.1, -0.05) is 20.3 Å². The molecule has 0 bridgehead atoms. The molecule has 0 aliphatic carbocycles. The van der Waals surface area contributed by atoms with E-state index < -0.39 is 37.3 Å². The summed E-state index contributed by atoms with van der Waals surface area (Å²) in [6.45, 7) is 2.12. The Morgan fingerprint density at radius 2 is 1.75 bits per heavy atom. The molecule has 1 amide bonds. The molecule has 0 rings (SSSR count). The van der Waals surface area contributed by atoms with Gasteiger partial charge < -0.3 is 26.4 Å². The Morgan fingerprint density at radius 3 is 2.06 bits per heavy atom. The van der Waals surface area contributed by atoms with Gasteiger partial charge in [-0.05, 0) is 5.92 Å². The van der Waals surface area contributed by atoms with Gasteiger partial charge in [0.25, 0.3) is 0 Å². The highest BCUT2D eigenvalue weighted by atomic mass is 16.3. The topological polar surface area (TPSA) is 116 Å². The fourth-order valence-electron chi connectivity index (χ4n) is 1.13. The van der Waals surface area contributed by atoms with Crippen molar-refractivity contribution in [3.8, 4) is 0 Å². The van der Waals surface area contributed by atoms with Gasteiger partial charge in [0, 0.05) is 0 Å². The van der Waals surface area contributed by atoms with Crippen molar-refractivity contribution in [2.24, 2.45) is 11.7 Å². The highest BCUT2D eigenvalue weighted by Crippen LogP contribution is 2.08. The van der Waals surface area contributed by atoms with Gasteiger partial charge >= 0.3 is 0 Å². The van der Waals surface area contributed by atoms with Crippen LogP contribution in [-0.4, -0.2) is 52.6 Å². The number of nitrogens with two attached hydrogens (primary N) is 1. The Labute approximate surface area is 95.5 Å². The van der Waals surface area contributed by atoms with Crippen LogP contribution >= 0.6 is 0 Å². The Bertz CT molecular complexity index is 211. The lowest BCUT2D eigenvalue weighted by Gasteiger charge is -2.31. The van der Waals surface area contributed by atoms with Crippen LogP contribution in [0.5, 0.6) is 0 Å². The third-order valence-electron chi connectivity index (χ3n) is 2.86. The number of carbonyl (C=O) groups excluding carboxylic acids is 1. The second-order valence-corrected chi connectivity index (χ2v) is 4.16. The first-order valence-electron chi connectivity index (χ1n) is 5.36. The zero-order valence-corrected chi connectivity index (χ0v) is 9.81. The molecule has 0 aromatic rings.